The minimum absolute atomic E-state index is 0.00669. The molecule has 0 bridgehead atoms. The fraction of sp³-hybridized carbons (Fsp3) is 0.364. The number of rotatable bonds is 3. The molecule has 8 nitrogen and oxygen atoms in total. The number of carbonyl (C=O) groups is 1. The van der Waals surface area contributed by atoms with Crippen molar-refractivity contribution in [2.24, 2.45) is 0 Å². The standard InChI is InChI=1S/C11H13N3O5/c1-11(2,3)12-10(15)7-4-5-8(13(16)17)9(6-7)14(18)19/h4-6H,1-3H3,(H,12,15). The average Bonchev–Trinajstić information content (AvgIpc) is 2.25. The van der Waals surface area contributed by atoms with E-state index in [4.69, 9.17) is 0 Å². The molecule has 8 heteroatoms. The van der Waals surface area contributed by atoms with Gasteiger partial charge in [-0.2, -0.15) is 0 Å². The highest BCUT2D eigenvalue weighted by Gasteiger charge is 2.26. The first kappa shape index (κ1) is 14.6. The molecular weight excluding hydrogens is 254 g/mol. The summed E-state index contributed by atoms with van der Waals surface area (Å²) in [5.41, 5.74) is -1.84. The normalized spacial score (nSPS) is 10.9. The largest absolute Gasteiger partial charge is 0.347 e. The second-order valence-electron chi connectivity index (χ2n) is 4.92. The Hall–Kier alpha value is -2.51. The summed E-state index contributed by atoms with van der Waals surface area (Å²) in [4.78, 5) is 31.5. The van der Waals surface area contributed by atoms with Crippen molar-refractivity contribution in [1.29, 1.82) is 0 Å². The smallest absolute Gasteiger partial charge is 0.346 e. The molecule has 0 atom stereocenters. The number of hydrogen-bond donors (Lipinski definition) is 1. The van der Waals surface area contributed by atoms with E-state index in [0.717, 1.165) is 12.1 Å². The van der Waals surface area contributed by atoms with Crippen LogP contribution in [-0.2, 0) is 0 Å². The zero-order chi connectivity index (χ0) is 14.8. The highest BCUT2D eigenvalue weighted by molar-refractivity contribution is 5.95. The highest BCUT2D eigenvalue weighted by atomic mass is 16.6. The van der Waals surface area contributed by atoms with Crippen molar-refractivity contribution in [3.8, 4) is 0 Å². The van der Waals surface area contributed by atoms with E-state index in [-0.39, 0.29) is 5.56 Å². The van der Waals surface area contributed by atoms with Crippen molar-refractivity contribution in [2.75, 3.05) is 0 Å². The molecule has 1 aromatic rings. The Labute approximate surface area is 108 Å². The molecule has 0 aliphatic heterocycles. The summed E-state index contributed by atoms with van der Waals surface area (Å²) < 4.78 is 0. The van der Waals surface area contributed by atoms with Gasteiger partial charge in [0, 0.05) is 23.2 Å². The third-order valence-corrected chi connectivity index (χ3v) is 2.12. The van der Waals surface area contributed by atoms with E-state index in [0.29, 0.717) is 0 Å². The number of nitrogens with one attached hydrogen (secondary N) is 1. The number of benzene rings is 1. The maximum atomic E-state index is 11.8. The van der Waals surface area contributed by atoms with Gasteiger partial charge < -0.3 is 5.32 Å². The number of amides is 1. The molecule has 0 unspecified atom stereocenters. The third-order valence-electron chi connectivity index (χ3n) is 2.12. The Morgan fingerprint density at radius 1 is 1.11 bits per heavy atom. The molecule has 0 saturated carbocycles. The molecule has 1 amide bonds. The molecule has 0 aliphatic rings. The second-order valence-corrected chi connectivity index (χ2v) is 4.92. The van der Waals surface area contributed by atoms with Crippen molar-refractivity contribution in [1.82, 2.24) is 5.32 Å². The van der Waals surface area contributed by atoms with E-state index >= 15 is 0 Å². The van der Waals surface area contributed by atoms with E-state index in [2.05, 4.69) is 5.32 Å². The van der Waals surface area contributed by atoms with Gasteiger partial charge in [0.2, 0.25) is 0 Å². The van der Waals surface area contributed by atoms with Crippen LogP contribution >= 0.6 is 0 Å². The number of nitro benzene ring substituents is 2. The maximum absolute atomic E-state index is 11.8. The van der Waals surface area contributed by atoms with E-state index in [1.54, 1.807) is 20.8 Å². The summed E-state index contributed by atoms with van der Waals surface area (Å²) in [5, 5.41) is 24.0. The Morgan fingerprint density at radius 3 is 2.05 bits per heavy atom. The monoisotopic (exact) mass is 267 g/mol. The van der Waals surface area contributed by atoms with Crippen molar-refractivity contribution >= 4 is 17.3 Å². The first-order valence-corrected chi connectivity index (χ1v) is 5.37. The number of carbonyl (C=O) groups excluding carboxylic acids is 1. The molecule has 19 heavy (non-hydrogen) atoms. The summed E-state index contributed by atoms with van der Waals surface area (Å²) in [6.45, 7) is 5.26. The lowest BCUT2D eigenvalue weighted by molar-refractivity contribution is -0.422. The van der Waals surface area contributed by atoms with E-state index in [1.807, 2.05) is 0 Å². The summed E-state index contributed by atoms with van der Waals surface area (Å²) >= 11 is 0. The van der Waals surface area contributed by atoms with Crippen molar-refractivity contribution in [3.05, 3.63) is 44.0 Å². The van der Waals surface area contributed by atoms with Crippen LogP contribution in [0.4, 0.5) is 11.4 Å². The van der Waals surface area contributed by atoms with Crippen LogP contribution in [0.2, 0.25) is 0 Å². The maximum Gasteiger partial charge on any atom is 0.346 e. The molecule has 0 aliphatic carbocycles. The summed E-state index contributed by atoms with van der Waals surface area (Å²) in [5.74, 6) is -0.523. The van der Waals surface area contributed by atoms with Crippen LogP contribution < -0.4 is 5.32 Å². The van der Waals surface area contributed by atoms with Gasteiger partial charge in [-0.1, -0.05) is 0 Å². The average molecular weight is 267 g/mol. The molecule has 0 saturated heterocycles. The summed E-state index contributed by atoms with van der Waals surface area (Å²) in [6, 6.07) is 3.04. The van der Waals surface area contributed by atoms with Gasteiger partial charge >= 0.3 is 11.4 Å². The molecule has 1 aromatic carbocycles. The number of nitro groups is 2. The fourth-order valence-corrected chi connectivity index (χ4v) is 1.38. The van der Waals surface area contributed by atoms with Crippen molar-refractivity contribution in [2.45, 2.75) is 26.3 Å². The summed E-state index contributed by atoms with van der Waals surface area (Å²) in [6.07, 6.45) is 0. The molecule has 0 heterocycles. The topological polar surface area (TPSA) is 115 Å². The predicted molar refractivity (Wildman–Crippen MR) is 67.0 cm³/mol. The van der Waals surface area contributed by atoms with Gasteiger partial charge in [0.05, 0.1) is 9.85 Å². The van der Waals surface area contributed by atoms with Gasteiger partial charge in [0.15, 0.2) is 0 Å². The molecule has 0 fully saturated rings. The van der Waals surface area contributed by atoms with E-state index in [9.17, 15) is 25.0 Å². The Kier molecular flexibility index (Phi) is 3.83. The molecule has 0 aromatic heterocycles. The third kappa shape index (κ3) is 3.73. The van der Waals surface area contributed by atoms with E-state index < -0.39 is 32.7 Å². The Bertz CT molecular complexity index is 548. The van der Waals surface area contributed by atoms with Crippen LogP contribution in [0.5, 0.6) is 0 Å². The van der Waals surface area contributed by atoms with Gasteiger partial charge in [-0.15, -0.1) is 0 Å². The second kappa shape index (κ2) is 5.01. The first-order chi connectivity index (χ1) is 8.61. The fourth-order valence-electron chi connectivity index (χ4n) is 1.38. The molecular formula is C11H13N3O5. The van der Waals surface area contributed by atoms with Crippen LogP contribution in [0.15, 0.2) is 18.2 Å². The quantitative estimate of drug-likeness (QED) is 0.664. The molecule has 0 radical (unpaired) electrons. The summed E-state index contributed by atoms with van der Waals surface area (Å²) in [7, 11) is 0. The van der Waals surface area contributed by atoms with Crippen LogP contribution in [0, 0.1) is 20.2 Å². The lowest BCUT2D eigenvalue weighted by Gasteiger charge is -2.20. The minimum Gasteiger partial charge on any atom is -0.347 e. The van der Waals surface area contributed by atoms with Crippen molar-refractivity contribution < 1.29 is 14.6 Å². The van der Waals surface area contributed by atoms with Gasteiger partial charge in [0.1, 0.15) is 0 Å². The van der Waals surface area contributed by atoms with Crippen LogP contribution in [-0.4, -0.2) is 21.3 Å². The van der Waals surface area contributed by atoms with Gasteiger partial charge in [0.25, 0.3) is 5.91 Å². The minimum atomic E-state index is -0.883. The SMILES string of the molecule is CC(C)(C)NC(=O)c1ccc([N+](=O)[O-])c([N+](=O)[O-])c1. The lowest BCUT2D eigenvalue weighted by Crippen LogP contribution is -2.40. The van der Waals surface area contributed by atoms with E-state index in [1.165, 1.54) is 6.07 Å². The van der Waals surface area contributed by atoms with Gasteiger partial charge in [-0.05, 0) is 26.8 Å². The molecule has 1 rings (SSSR count). The van der Waals surface area contributed by atoms with Crippen LogP contribution in [0.25, 0.3) is 0 Å². The zero-order valence-electron chi connectivity index (χ0n) is 10.7. The van der Waals surface area contributed by atoms with Gasteiger partial charge in [-0.25, -0.2) is 0 Å². The van der Waals surface area contributed by atoms with Gasteiger partial charge in [-0.3, -0.25) is 25.0 Å². The Balaban J connectivity index is 3.19. The zero-order valence-corrected chi connectivity index (χ0v) is 10.7. The van der Waals surface area contributed by atoms with Crippen molar-refractivity contribution in [3.63, 3.8) is 0 Å². The molecule has 102 valence electrons. The molecule has 1 N–H and O–H groups in total. The highest BCUT2D eigenvalue weighted by Crippen LogP contribution is 2.27. The van der Waals surface area contributed by atoms with Crippen LogP contribution in [0.3, 0.4) is 0 Å². The first-order valence-electron chi connectivity index (χ1n) is 5.37. The molecule has 0 spiro atoms. The lowest BCUT2D eigenvalue weighted by atomic mass is 10.1. The Morgan fingerprint density at radius 2 is 1.63 bits per heavy atom. The number of hydrogen-bond acceptors (Lipinski definition) is 5. The number of nitrogens with zero attached hydrogens (tertiary/aromatic N) is 2. The van der Waals surface area contributed by atoms with Crippen LogP contribution in [0.1, 0.15) is 31.1 Å². The predicted octanol–water partition coefficient (Wildman–Crippen LogP) is 2.03.